The second kappa shape index (κ2) is 8.73. The van der Waals surface area contributed by atoms with Gasteiger partial charge in [0.1, 0.15) is 5.75 Å². The Morgan fingerprint density at radius 2 is 1.68 bits per heavy atom. The number of carbonyl (C=O) groups is 2. The molecule has 2 aromatic rings. The third-order valence-electron chi connectivity index (χ3n) is 3.63. The molecule has 0 aliphatic heterocycles. The fourth-order valence-corrected chi connectivity index (χ4v) is 2.20. The molecule has 6 heteroatoms. The number of hydrogen-bond donors (Lipinski definition) is 3. The second-order valence-corrected chi connectivity index (χ2v) is 5.98. The predicted octanol–water partition coefficient (Wildman–Crippen LogP) is 3.00. The van der Waals surface area contributed by atoms with Crippen LogP contribution in [0.3, 0.4) is 0 Å². The molecule has 0 atom stereocenters. The molecular formula is C19H23N3O3. The number of nitrogens with two attached hydrogens (primary N) is 1. The summed E-state index contributed by atoms with van der Waals surface area (Å²) >= 11 is 0. The lowest BCUT2D eigenvalue weighted by Crippen LogP contribution is -2.28. The lowest BCUT2D eigenvalue weighted by molar-refractivity contribution is -0.123. The lowest BCUT2D eigenvalue weighted by atomic mass is 10.0. The van der Waals surface area contributed by atoms with Gasteiger partial charge in [-0.3, -0.25) is 4.79 Å². The number of anilines is 1. The van der Waals surface area contributed by atoms with Gasteiger partial charge in [0.25, 0.3) is 5.91 Å². The highest BCUT2D eigenvalue weighted by Gasteiger charge is 2.04. The summed E-state index contributed by atoms with van der Waals surface area (Å²) in [6, 6.07) is 14.2. The van der Waals surface area contributed by atoms with E-state index in [1.165, 1.54) is 5.56 Å². The minimum atomic E-state index is -0.611. The van der Waals surface area contributed by atoms with Crippen molar-refractivity contribution in [3.8, 4) is 5.75 Å². The highest BCUT2D eigenvalue weighted by molar-refractivity contribution is 5.87. The van der Waals surface area contributed by atoms with Crippen molar-refractivity contribution in [3.05, 3.63) is 59.7 Å². The minimum Gasteiger partial charge on any atom is -0.484 e. The summed E-state index contributed by atoms with van der Waals surface area (Å²) in [6.45, 7) is 4.59. The number of carbonyl (C=O) groups excluding carboxylic acids is 2. The Morgan fingerprint density at radius 1 is 1.04 bits per heavy atom. The average Bonchev–Trinajstić information content (AvgIpc) is 2.59. The molecule has 25 heavy (non-hydrogen) atoms. The predicted molar refractivity (Wildman–Crippen MR) is 97.5 cm³/mol. The number of ether oxygens (including phenoxy) is 1. The topological polar surface area (TPSA) is 93.4 Å². The van der Waals surface area contributed by atoms with Crippen LogP contribution < -0.4 is 21.1 Å². The summed E-state index contributed by atoms with van der Waals surface area (Å²) < 4.78 is 5.48. The Kier molecular flexibility index (Phi) is 6.39. The van der Waals surface area contributed by atoms with Gasteiger partial charge in [-0.1, -0.05) is 38.1 Å². The van der Waals surface area contributed by atoms with Crippen molar-refractivity contribution < 1.29 is 14.3 Å². The number of hydrogen-bond acceptors (Lipinski definition) is 3. The third kappa shape index (κ3) is 6.18. The quantitative estimate of drug-likeness (QED) is 0.722. The molecule has 0 aliphatic carbocycles. The molecule has 2 rings (SSSR count). The molecule has 0 fully saturated rings. The van der Waals surface area contributed by atoms with Crippen molar-refractivity contribution in [1.29, 1.82) is 0 Å². The van der Waals surface area contributed by atoms with Crippen LogP contribution in [0.5, 0.6) is 5.75 Å². The van der Waals surface area contributed by atoms with E-state index in [4.69, 9.17) is 10.5 Å². The van der Waals surface area contributed by atoms with E-state index in [1.807, 2.05) is 24.3 Å². The Balaban J connectivity index is 1.75. The molecular weight excluding hydrogens is 318 g/mol. The highest BCUT2D eigenvalue weighted by Crippen LogP contribution is 2.18. The smallest absolute Gasteiger partial charge is 0.316 e. The normalized spacial score (nSPS) is 10.4. The molecule has 0 saturated carbocycles. The SMILES string of the molecule is CC(C)c1ccc(OCC(=O)NCc2ccc(NC(N)=O)cc2)cc1. The fourth-order valence-electron chi connectivity index (χ4n) is 2.20. The van der Waals surface area contributed by atoms with Gasteiger partial charge in [0.05, 0.1) is 0 Å². The first kappa shape index (κ1) is 18.3. The molecule has 0 bridgehead atoms. The molecule has 2 aromatic carbocycles. The molecule has 0 heterocycles. The zero-order valence-electron chi connectivity index (χ0n) is 14.4. The minimum absolute atomic E-state index is 0.0393. The Bertz CT molecular complexity index is 710. The van der Waals surface area contributed by atoms with E-state index in [2.05, 4.69) is 24.5 Å². The van der Waals surface area contributed by atoms with Crippen LogP contribution >= 0.6 is 0 Å². The van der Waals surface area contributed by atoms with Gasteiger partial charge < -0.3 is 21.1 Å². The van der Waals surface area contributed by atoms with E-state index in [1.54, 1.807) is 24.3 Å². The summed E-state index contributed by atoms with van der Waals surface area (Å²) in [5, 5.41) is 5.26. The van der Waals surface area contributed by atoms with E-state index in [0.717, 1.165) is 5.56 Å². The third-order valence-corrected chi connectivity index (χ3v) is 3.63. The molecule has 132 valence electrons. The van der Waals surface area contributed by atoms with Crippen molar-refractivity contribution in [2.75, 3.05) is 11.9 Å². The summed E-state index contributed by atoms with van der Waals surface area (Å²) in [5.74, 6) is 0.926. The van der Waals surface area contributed by atoms with Crippen molar-refractivity contribution in [3.63, 3.8) is 0 Å². The fraction of sp³-hybridized carbons (Fsp3) is 0.263. The molecule has 0 saturated heterocycles. The van der Waals surface area contributed by atoms with Crippen LogP contribution in [-0.4, -0.2) is 18.5 Å². The van der Waals surface area contributed by atoms with Crippen LogP contribution in [-0.2, 0) is 11.3 Å². The first-order valence-corrected chi connectivity index (χ1v) is 8.09. The van der Waals surface area contributed by atoms with Crippen molar-refractivity contribution >= 4 is 17.6 Å². The summed E-state index contributed by atoms with van der Waals surface area (Å²) in [6.07, 6.45) is 0. The molecule has 0 aromatic heterocycles. The molecule has 0 spiro atoms. The van der Waals surface area contributed by atoms with Crippen molar-refractivity contribution in [2.24, 2.45) is 5.73 Å². The Hall–Kier alpha value is -3.02. The number of urea groups is 1. The van der Waals surface area contributed by atoms with Crippen LogP contribution in [0.25, 0.3) is 0 Å². The second-order valence-electron chi connectivity index (χ2n) is 5.98. The van der Waals surface area contributed by atoms with Gasteiger partial charge in [0.2, 0.25) is 0 Å². The Morgan fingerprint density at radius 3 is 2.24 bits per heavy atom. The molecule has 3 amide bonds. The molecule has 6 nitrogen and oxygen atoms in total. The van der Waals surface area contributed by atoms with Crippen LogP contribution in [0.1, 0.15) is 30.9 Å². The highest BCUT2D eigenvalue weighted by atomic mass is 16.5. The zero-order chi connectivity index (χ0) is 18.2. The van der Waals surface area contributed by atoms with Gasteiger partial charge in [-0.2, -0.15) is 0 Å². The van der Waals surface area contributed by atoms with Gasteiger partial charge in [0.15, 0.2) is 6.61 Å². The van der Waals surface area contributed by atoms with Crippen molar-refractivity contribution in [1.82, 2.24) is 5.32 Å². The van der Waals surface area contributed by atoms with Gasteiger partial charge in [-0.05, 0) is 41.3 Å². The monoisotopic (exact) mass is 341 g/mol. The van der Waals surface area contributed by atoms with E-state index < -0.39 is 6.03 Å². The number of rotatable bonds is 7. The Labute approximate surface area is 147 Å². The average molecular weight is 341 g/mol. The van der Waals surface area contributed by atoms with Gasteiger partial charge in [-0.25, -0.2) is 4.79 Å². The first-order valence-electron chi connectivity index (χ1n) is 8.09. The van der Waals surface area contributed by atoms with Crippen molar-refractivity contribution in [2.45, 2.75) is 26.3 Å². The molecule has 0 unspecified atom stereocenters. The number of benzene rings is 2. The lowest BCUT2D eigenvalue weighted by Gasteiger charge is -2.10. The van der Waals surface area contributed by atoms with Crippen LogP contribution in [0.15, 0.2) is 48.5 Å². The summed E-state index contributed by atoms with van der Waals surface area (Å²) in [7, 11) is 0. The van der Waals surface area contributed by atoms with E-state index in [9.17, 15) is 9.59 Å². The van der Waals surface area contributed by atoms with Crippen LogP contribution in [0.4, 0.5) is 10.5 Å². The van der Waals surface area contributed by atoms with E-state index in [0.29, 0.717) is 23.9 Å². The van der Waals surface area contributed by atoms with Gasteiger partial charge >= 0.3 is 6.03 Å². The van der Waals surface area contributed by atoms with Gasteiger partial charge in [-0.15, -0.1) is 0 Å². The van der Waals surface area contributed by atoms with Crippen LogP contribution in [0, 0.1) is 0 Å². The standard InChI is InChI=1S/C19H23N3O3/c1-13(2)15-5-9-17(10-6-15)25-12-18(23)21-11-14-3-7-16(8-4-14)22-19(20)24/h3-10,13H,11-12H2,1-2H3,(H,21,23)(H3,20,22,24). The number of primary amides is 1. The molecule has 0 aliphatic rings. The summed E-state index contributed by atoms with van der Waals surface area (Å²) in [4.78, 5) is 22.6. The van der Waals surface area contributed by atoms with E-state index in [-0.39, 0.29) is 12.5 Å². The zero-order valence-corrected chi connectivity index (χ0v) is 14.4. The van der Waals surface area contributed by atoms with Crippen LogP contribution in [0.2, 0.25) is 0 Å². The van der Waals surface area contributed by atoms with Gasteiger partial charge in [0, 0.05) is 12.2 Å². The largest absolute Gasteiger partial charge is 0.484 e. The summed E-state index contributed by atoms with van der Waals surface area (Å²) in [5.41, 5.74) is 7.79. The number of nitrogens with one attached hydrogen (secondary N) is 2. The van der Waals surface area contributed by atoms with E-state index >= 15 is 0 Å². The molecule has 0 radical (unpaired) electrons. The maximum Gasteiger partial charge on any atom is 0.316 e. The number of amides is 3. The maximum atomic E-state index is 11.9. The first-order chi connectivity index (χ1) is 11.9. The maximum absolute atomic E-state index is 11.9. The molecule has 4 N–H and O–H groups in total.